The fraction of sp³-hybridized carbons (Fsp3) is 0.533. The monoisotopic (exact) mass is 278 g/mol. The Kier molecular flexibility index (Phi) is 4.88. The Balaban J connectivity index is 2.22. The van der Waals surface area contributed by atoms with Crippen LogP contribution in [0.5, 0.6) is 0 Å². The van der Waals surface area contributed by atoms with E-state index in [4.69, 9.17) is 5.73 Å². The van der Waals surface area contributed by atoms with E-state index in [-0.39, 0.29) is 5.91 Å². The number of hydrogen-bond donors (Lipinski definition) is 1. The Hall–Kier alpha value is -1.00. The second-order valence-electron chi connectivity index (χ2n) is 5.33. The second kappa shape index (κ2) is 6.44. The van der Waals surface area contributed by atoms with Crippen molar-refractivity contribution in [3.05, 3.63) is 23.8 Å². The van der Waals surface area contributed by atoms with Gasteiger partial charge < -0.3 is 10.6 Å². The fourth-order valence-corrected chi connectivity index (χ4v) is 3.11. The van der Waals surface area contributed by atoms with Gasteiger partial charge in [-0.05, 0) is 36.1 Å². The molecule has 0 radical (unpaired) electrons. The van der Waals surface area contributed by atoms with E-state index in [1.54, 1.807) is 11.8 Å². The second-order valence-corrected chi connectivity index (χ2v) is 6.49. The lowest BCUT2D eigenvalue weighted by Gasteiger charge is -2.31. The number of rotatable bonds is 5. The maximum Gasteiger partial charge on any atom is 0.227 e. The van der Waals surface area contributed by atoms with E-state index in [1.165, 1.54) is 10.5 Å². The SMILES string of the molecule is CC(C)CN1C(=O)CCc2cc(SCCN)ccc21. The molecule has 0 unspecified atom stereocenters. The molecule has 0 aliphatic carbocycles. The zero-order chi connectivity index (χ0) is 13.8. The van der Waals surface area contributed by atoms with E-state index >= 15 is 0 Å². The van der Waals surface area contributed by atoms with Crippen LogP contribution in [0.1, 0.15) is 25.8 Å². The third-order valence-corrected chi connectivity index (χ3v) is 4.21. The van der Waals surface area contributed by atoms with Gasteiger partial charge >= 0.3 is 0 Å². The standard InChI is InChI=1S/C15H22N2OS/c1-11(2)10-17-14-5-4-13(19-8-7-16)9-12(14)3-6-15(17)18/h4-5,9,11H,3,6-8,10,16H2,1-2H3. The van der Waals surface area contributed by atoms with Crippen LogP contribution in [-0.4, -0.2) is 24.7 Å². The van der Waals surface area contributed by atoms with Crippen molar-refractivity contribution in [3.63, 3.8) is 0 Å². The first-order valence-electron chi connectivity index (χ1n) is 6.88. The summed E-state index contributed by atoms with van der Waals surface area (Å²) in [6.45, 7) is 5.79. The van der Waals surface area contributed by atoms with Gasteiger partial charge in [0.1, 0.15) is 0 Å². The Labute approximate surface area is 119 Å². The predicted octanol–water partition coefficient (Wildman–Crippen LogP) is 2.67. The number of benzene rings is 1. The van der Waals surface area contributed by atoms with Crippen molar-refractivity contribution in [2.45, 2.75) is 31.6 Å². The van der Waals surface area contributed by atoms with Gasteiger partial charge in [-0.2, -0.15) is 0 Å². The van der Waals surface area contributed by atoms with Crippen molar-refractivity contribution >= 4 is 23.4 Å². The van der Waals surface area contributed by atoms with Gasteiger partial charge in [0.2, 0.25) is 5.91 Å². The van der Waals surface area contributed by atoms with E-state index < -0.39 is 0 Å². The highest BCUT2D eigenvalue weighted by Gasteiger charge is 2.24. The van der Waals surface area contributed by atoms with Crippen LogP contribution in [0.15, 0.2) is 23.1 Å². The summed E-state index contributed by atoms with van der Waals surface area (Å²) in [5.41, 5.74) is 7.93. The number of anilines is 1. The Morgan fingerprint density at radius 3 is 2.84 bits per heavy atom. The average Bonchev–Trinajstić information content (AvgIpc) is 2.39. The molecule has 4 heteroatoms. The highest BCUT2D eigenvalue weighted by molar-refractivity contribution is 7.99. The Morgan fingerprint density at radius 2 is 2.16 bits per heavy atom. The van der Waals surface area contributed by atoms with E-state index in [2.05, 4.69) is 32.0 Å². The van der Waals surface area contributed by atoms with E-state index in [0.29, 0.717) is 18.9 Å². The molecule has 0 saturated heterocycles. The molecule has 0 spiro atoms. The molecule has 2 rings (SSSR count). The van der Waals surface area contributed by atoms with Gasteiger partial charge in [0.05, 0.1) is 0 Å². The first kappa shape index (κ1) is 14.4. The summed E-state index contributed by atoms with van der Waals surface area (Å²) < 4.78 is 0. The molecule has 0 saturated carbocycles. The predicted molar refractivity (Wildman–Crippen MR) is 81.7 cm³/mol. The van der Waals surface area contributed by atoms with Gasteiger partial charge in [0.15, 0.2) is 0 Å². The summed E-state index contributed by atoms with van der Waals surface area (Å²) in [5, 5.41) is 0. The Morgan fingerprint density at radius 1 is 1.37 bits per heavy atom. The van der Waals surface area contributed by atoms with Crippen LogP contribution in [0.3, 0.4) is 0 Å². The van der Waals surface area contributed by atoms with Crippen molar-refractivity contribution in [2.75, 3.05) is 23.7 Å². The normalized spacial score (nSPS) is 14.9. The number of aryl methyl sites for hydroxylation is 1. The molecule has 1 amide bonds. The molecule has 0 fully saturated rings. The number of carbonyl (C=O) groups excluding carboxylic acids is 1. The van der Waals surface area contributed by atoms with Gasteiger partial charge in [-0.15, -0.1) is 11.8 Å². The molecule has 2 N–H and O–H groups in total. The topological polar surface area (TPSA) is 46.3 Å². The van der Waals surface area contributed by atoms with Gasteiger partial charge in [0, 0.05) is 35.8 Å². The van der Waals surface area contributed by atoms with Crippen LogP contribution in [-0.2, 0) is 11.2 Å². The summed E-state index contributed by atoms with van der Waals surface area (Å²) in [5.74, 6) is 1.68. The summed E-state index contributed by atoms with van der Waals surface area (Å²) in [4.78, 5) is 15.3. The minimum atomic E-state index is 0.253. The highest BCUT2D eigenvalue weighted by Crippen LogP contribution is 2.32. The molecule has 0 atom stereocenters. The largest absolute Gasteiger partial charge is 0.330 e. The van der Waals surface area contributed by atoms with Gasteiger partial charge in [-0.25, -0.2) is 0 Å². The first-order valence-corrected chi connectivity index (χ1v) is 7.86. The van der Waals surface area contributed by atoms with Gasteiger partial charge in [0.25, 0.3) is 0 Å². The van der Waals surface area contributed by atoms with E-state index in [0.717, 1.165) is 24.4 Å². The quantitative estimate of drug-likeness (QED) is 0.842. The third-order valence-electron chi connectivity index (χ3n) is 3.19. The number of hydrogen-bond acceptors (Lipinski definition) is 3. The number of fused-ring (bicyclic) bond motifs is 1. The smallest absolute Gasteiger partial charge is 0.227 e. The number of amides is 1. The van der Waals surface area contributed by atoms with Crippen molar-refractivity contribution in [3.8, 4) is 0 Å². The Bertz CT molecular complexity index is 459. The number of carbonyl (C=O) groups is 1. The average molecular weight is 278 g/mol. The van der Waals surface area contributed by atoms with Crippen molar-refractivity contribution in [1.29, 1.82) is 0 Å². The highest BCUT2D eigenvalue weighted by atomic mass is 32.2. The molecule has 1 aliphatic heterocycles. The molecule has 1 heterocycles. The molecule has 1 aromatic rings. The molecule has 1 aromatic carbocycles. The lowest BCUT2D eigenvalue weighted by Crippen LogP contribution is -2.37. The van der Waals surface area contributed by atoms with Crippen LogP contribution in [0.25, 0.3) is 0 Å². The molecular formula is C15H22N2OS. The van der Waals surface area contributed by atoms with Crippen molar-refractivity contribution < 1.29 is 4.79 Å². The maximum atomic E-state index is 12.1. The third kappa shape index (κ3) is 3.51. The number of nitrogens with two attached hydrogens (primary N) is 1. The molecular weight excluding hydrogens is 256 g/mol. The van der Waals surface area contributed by atoms with Gasteiger partial charge in [-0.3, -0.25) is 4.79 Å². The minimum Gasteiger partial charge on any atom is -0.330 e. The molecule has 104 valence electrons. The van der Waals surface area contributed by atoms with Crippen LogP contribution in [0, 0.1) is 5.92 Å². The zero-order valence-electron chi connectivity index (χ0n) is 11.7. The summed E-state index contributed by atoms with van der Waals surface area (Å²) in [6, 6.07) is 6.41. The van der Waals surface area contributed by atoms with E-state index in [1.807, 2.05) is 4.90 Å². The molecule has 1 aliphatic rings. The number of nitrogens with zero attached hydrogens (tertiary/aromatic N) is 1. The molecule has 3 nitrogen and oxygen atoms in total. The first-order chi connectivity index (χ1) is 9.11. The van der Waals surface area contributed by atoms with Gasteiger partial charge in [-0.1, -0.05) is 13.8 Å². The lowest BCUT2D eigenvalue weighted by atomic mass is 10.00. The maximum absolute atomic E-state index is 12.1. The van der Waals surface area contributed by atoms with Crippen LogP contribution in [0.2, 0.25) is 0 Å². The van der Waals surface area contributed by atoms with Crippen molar-refractivity contribution in [1.82, 2.24) is 0 Å². The fourth-order valence-electron chi connectivity index (χ4n) is 2.37. The van der Waals surface area contributed by atoms with E-state index in [9.17, 15) is 4.79 Å². The summed E-state index contributed by atoms with van der Waals surface area (Å²) in [7, 11) is 0. The minimum absolute atomic E-state index is 0.253. The summed E-state index contributed by atoms with van der Waals surface area (Å²) in [6.07, 6.45) is 1.49. The van der Waals surface area contributed by atoms with Crippen LogP contribution >= 0.6 is 11.8 Å². The van der Waals surface area contributed by atoms with Crippen LogP contribution < -0.4 is 10.6 Å². The lowest BCUT2D eigenvalue weighted by molar-refractivity contribution is -0.119. The van der Waals surface area contributed by atoms with Crippen LogP contribution in [0.4, 0.5) is 5.69 Å². The molecule has 0 bridgehead atoms. The summed E-state index contributed by atoms with van der Waals surface area (Å²) >= 11 is 1.78. The zero-order valence-corrected chi connectivity index (χ0v) is 12.5. The molecule has 0 aromatic heterocycles. The van der Waals surface area contributed by atoms with Crippen molar-refractivity contribution in [2.24, 2.45) is 11.7 Å². The molecule has 19 heavy (non-hydrogen) atoms. The number of thioether (sulfide) groups is 1.